The quantitative estimate of drug-likeness (QED) is 0.354. The van der Waals surface area contributed by atoms with Crippen LogP contribution >= 0.6 is 12.4 Å². The molecule has 1 heterocycles. The standard InChI is InChI=1S/C20H25N3O5S.ClH/c1-28-19-5-4-6-20(14-19)29(26,27)21-10-2-3-11-22-12-9-16-7-8-18(23(24)25)13-17(16)15-22;/h4-8,13-14,21H,2-3,9-12,15H2,1H3;1H. The van der Waals surface area contributed by atoms with Gasteiger partial charge in [-0.2, -0.15) is 0 Å². The smallest absolute Gasteiger partial charge is 0.269 e. The summed E-state index contributed by atoms with van der Waals surface area (Å²) >= 11 is 0. The molecule has 3 rings (SSSR count). The van der Waals surface area contributed by atoms with Gasteiger partial charge in [-0.25, -0.2) is 13.1 Å². The Morgan fingerprint density at radius 3 is 2.70 bits per heavy atom. The van der Waals surface area contributed by atoms with E-state index in [0.717, 1.165) is 37.1 Å². The third kappa shape index (κ3) is 6.15. The maximum atomic E-state index is 12.4. The molecule has 0 bridgehead atoms. The Balaban J connectivity index is 0.00000320. The van der Waals surface area contributed by atoms with Crippen molar-refractivity contribution in [1.82, 2.24) is 9.62 Å². The van der Waals surface area contributed by atoms with Crippen molar-refractivity contribution in [2.24, 2.45) is 0 Å². The lowest BCUT2D eigenvalue weighted by Gasteiger charge is -2.28. The number of methoxy groups -OCH3 is 1. The molecule has 0 aliphatic carbocycles. The van der Waals surface area contributed by atoms with Crippen LogP contribution in [0.3, 0.4) is 0 Å². The Morgan fingerprint density at radius 2 is 1.97 bits per heavy atom. The molecule has 2 aromatic rings. The highest BCUT2D eigenvalue weighted by Crippen LogP contribution is 2.24. The number of halogens is 1. The minimum atomic E-state index is -3.56. The first-order valence-corrected chi connectivity index (χ1v) is 11.0. The van der Waals surface area contributed by atoms with Crippen molar-refractivity contribution in [3.8, 4) is 5.75 Å². The second kappa shape index (κ2) is 10.7. The zero-order valence-electron chi connectivity index (χ0n) is 16.7. The lowest BCUT2D eigenvalue weighted by atomic mass is 9.99. The maximum absolute atomic E-state index is 12.4. The van der Waals surface area contributed by atoms with Gasteiger partial charge in [-0.3, -0.25) is 15.0 Å². The van der Waals surface area contributed by atoms with E-state index in [0.29, 0.717) is 25.3 Å². The van der Waals surface area contributed by atoms with Gasteiger partial charge < -0.3 is 4.74 Å². The van der Waals surface area contributed by atoms with E-state index in [1.165, 1.54) is 19.2 Å². The number of nitro groups is 1. The molecule has 30 heavy (non-hydrogen) atoms. The Morgan fingerprint density at radius 1 is 1.17 bits per heavy atom. The molecule has 164 valence electrons. The van der Waals surface area contributed by atoms with Crippen molar-refractivity contribution in [2.45, 2.75) is 30.7 Å². The van der Waals surface area contributed by atoms with Crippen molar-refractivity contribution in [3.63, 3.8) is 0 Å². The number of ether oxygens (including phenoxy) is 1. The van der Waals surface area contributed by atoms with E-state index in [1.54, 1.807) is 24.3 Å². The SMILES string of the molecule is COc1cccc(S(=O)(=O)NCCCCN2CCc3ccc([N+](=O)[O-])cc3C2)c1.Cl. The molecule has 0 saturated heterocycles. The van der Waals surface area contributed by atoms with E-state index in [-0.39, 0.29) is 27.9 Å². The summed E-state index contributed by atoms with van der Waals surface area (Å²) in [7, 11) is -2.06. The Labute approximate surface area is 182 Å². The first-order valence-electron chi connectivity index (χ1n) is 9.51. The molecule has 10 heteroatoms. The van der Waals surface area contributed by atoms with Gasteiger partial charge in [0.25, 0.3) is 5.69 Å². The molecule has 0 aromatic heterocycles. The number of benzene rings is 2. The average molecular weight is 456 g/mol. The number of rotatable bonds is 9. The lowest BCUT2D eigenvalue weighted by Crippen LogP contribution is -2.32. The molecule has 0 radical (unpaired) electrons. The fourth-order valence-electron chi connectivity index (χ4n) is 3.42. The average Bonchev–Trinajstić information content (AvgIpc) is 2.72. The van der Waals surface area contributed by atoms with Crippen LogP contribution in [-0.2, 0) is 23.0 Å². The summed E-state index contributed by atoms with van der Waals surface area (Å²) in [4.78, 5) is 13.0. The summed E-state index contributed by atoms with van der Waals surface area (Å²) in [6.45, 7) is 2.77. The molecule has 1 aliphatic heterocycles. The van der Waals surface area contributed by atoms with Gasteiger partial charge in [0.2, 0.25) is 10.0 Å². The van der Waals surface area contributed by atoms with Crippen LogP contribution in [0.4, 0.5) is 5.69 Å². The zero-order valence-corrected chi connectivity index (χ0v) is 18.4. The molecule has 0 fully saturated rings. The highest BCUT2D eigenvalue weighted by molar-refractivity contribution is 7.89. The van der Waals surface area contributed by atoms with Crippen molar-refractivity contribution in [1.29, 1.82) is 0 Å². The van der Waals surface area contributed by atoms with Crippen molar-refractivity contribution in [2.75, 3.05) is 26.7 Å². The van der Waals surface area contributed by atoms with E-state index in [9.17, 15) is 18.5 Å². The molecule has 0 saturated carbocycles. The van der Waals surface area contributed by atoms with E-state index < -0.39 is 10.0 Å². The van der Waals surface area contributed by atoms with Gasteiger partial charge in [-0.05, 0) is 49.1 Å². The van der Waals surface area contributed by atoms with Gasteiger partial charge in [-0.1, -0.05) is 12.1 Å². The molecule has 2 aromatic carbocycles. The number of unbranched alkanes of at least 4 members (excludes halogenated alkanes) is 1. The predicted octanol–water partition coefficient (Wildman–Crippen LogP) is 3.14. The molecule has 0 amide bonds. The number of non-ortho nitro benzene ring substituents is 1. The number of hydrogen-bond acceptors (Lipinski definition) is 6. The monoisotopic (exact) mass is 455 g/mol. The van der Waals surface area contributed by atoms with Crippen LogP contribution in [0.5, 0.6) is 5.75 Å². The van der Waals surface area contributed by atoms with Crippen LogP contribution in [0.25, 0.3) is 0 Å². The highest BCUT2D eigenvalue weighted by atomic mass is 35.5. The van der Waals surface area contributed by atoms with Crippen LogP contribution in [0.15, 0.2) is 47.4 Å². The summed E-state index contributed by atoms with van der Waals surface area (Å²) in [6.07, 6.45) is 2.42. The third-order valence-corrected chi connectivity index (χ3v) is 6.50. The van der Waals surface area contributed by atoms with Gasteiger partial charge in [-0.15, -0.1) is 12.4 Å². The number of nitrogens with zero attached hydrogens (tertiary/aromatic N) is 2. The Bertz CT molecular complexity index is 984. The molecular weight excluding hydrogens is 430 g/mol. The fraction of sp³-hybridized carbons (Fsp3) is 0.400. The number of nitrogens with one attached hydrogen (secondary N) is 1. The van der Waals surface area contributed by atoms with Gasteiger partial charge >= 0.3 is 0 Å². The first-order chi connectivity index (χ1) is 13.9. The van der Waals surface area contributed by atoms with E-state index in [2.05, 4.69) is 9.62 Å². The Kier molecular flexibility index (Phi) is 8.60. The van der Waals surface area contributed by atoms with Crippen LogP contribution in [0, 0.1) is 10.1 Å². The second-order valence-electron chi connectivity index (χ2n) is 7.02. The van der Waals surface area contributed by atoms with Crippen LogP contribution in [0.1, 0.15) is 24.0 Å². The van der Waals surface area contributed by atoms with Gasteiger partial charge in [0, 0.05) is 37.8 Å². The Hall–Kier alpha value is -2.20. The number of hydrogen-bond donors (Lipinski definition) is 1. The van der Waals surface area contributed by atoms with Crippen molar-refractivity contribution >= 4 is 28.1 Å². The van der Waals surface area contributed by atoms with E-state index >= 15 is 0 Å². The molecule has 0 atom stereocenters. The number of sulfonamides is 1. The third-order valence-electron chi connectivity index (χ3n) is 5.04. The number of fused-ring (bicyclic) bond motifs is 1. The zero-order chi connectivity index (χ0) is 20.9. The van der Waals surface area contributed by atoms with Gasteiger partial charge in [0.1, 0.15) is 5.75 Å². The predicted molar refractivity (Wildman–Crippen MR) is 117 cm³/mol. The van der Waals surface area contributed by atoms with Crippen molar-refractivity contribution in [3.05, 3.63) is 63.7 Å². The molecule has 0 unspecified atom stereocenters. The topological polar surface area (TPSA) is 102 Å². The normalized spacial score (nSPS) is 13.9. The molecule has 1 aliphatic rings. The maximum Gasteiger partial charge on any atom is 0.269 e. The van der Waals surface area contributed by atoms with Gasteiger partial charge in [0.05, 0.1) is 16.9 Å². The summed E-state index contributed by atoms with van der Waals surface area (Å²) < 4.78 is 32.4. The fourth-order valence-corrected chi connectivity index (χ4v) is 4.53. The van der Waals surface area contributed by atoms with E-state index in [4.69, 9.17) is 4.74 Å². The molecular formula is C20H26ClN3O5S. The van der Waals surface area contributed by atoms with Gasteiger partial charge in [0.15, 0.2) is 0 Å². The minimum Gasteiger partial charge on any atom is -0.497 e. The highest BCUT2D eigenvalue weighted by Gasteiger charge is 2.19. The summed E-state index contributed by atoms with van der Waals surface area (Å²) in [5, 5.41) is 11.0. The molecule has 0 spiro atoms. The summed E-state index contributed by atoms with van der Waals surface area (Å²) in [6, 6.07) is 11.4. The van der Waals surface area contributed by atoms with Crippen LogP contribution < -0.4 is 9.46 Å². The second-order valence-corrected chi connectivity index (χ2v) is 8.79. The lowest BCUT2D eigenvalue weighted by molar-refractivity contribution is -0.385. The molecule has 1 N–H and O–H groups in total. The van der Waals surface area contributed by atoms with Crippen LogP contribution in [0.2, 0.25) is 0 Å². The largest absolute Gasteiger partial charge is 0.497 e. The molecule has 8 nitrogen and oxygen atoms in total. The number of nitro benzene ring substituents is 1. The van der Waals surface area contributed by atoms with Crippen molar-refractivity contribution < 1.29 is 18.1 Å². The summed E-state index contributed by atoms with van der Waals surface area (Å²) in [5.74, 6) is 0.499. The first kappa shape index (κ1) is 24.1. The van der Waals surface area contributed by atoms with Crippen LogP contribution in [-0.4, -0.2) is 45.0 Å². The minimum absolute atomic E-state index is 0. The van der Waals surface area contributed by atoms with E-state index in [1.807, 2.05) is 6.07 Å². The summed E-state index contributed by atoms with van der Waals surface area (Å²) in [5.41, 5.74) is 2.29.